The molecule has 1 aromatic carbocycles. The number of thiophene rings is 1. The first kappa shape index (κ1) is 12.6. The van der Waals surface area contributed by atoms with Crippen molar-refractivity contribution in [2.75, 3.05) is 12.5 Å². The molecule has 0 bridgehead atoms. The molecule has 1 aliphatic heterocycles. The maximum atomic E-state index is 6.17. The number of nitrogen functional groups attached to an aromatic ring is 1. The highest BCUT2D eigenvalue weighted by molar-refractivity contribution is 7.14. The maximum Gasteiger partial charge on any atom is 0.231 e. The van der Waals surface area contributed by atoms with E-state index in [2.05, 4.69) is 5.16 Å². The van der Waals surface area contributed by atoms with E-state index in [1.807, 2.05) is 29.6 Å². The van der Waals surface area contributed by atoms with Gasteiger partial charge in [0.05, 0.1) is 15.5 Å². The first-order chi connectivity index (χ1) is 10.2. The van der Waals surface area contributed by atoms with Crippen LogP contribution in [-0.4, -0.2) is 11.9 Å². The van der Waals surface area contributed by atoms with Crippen LogP contribution >= 0.6 is 22.9 Å². The molecule has 0 spiro atoms. The molecule has 1 aliphatic rings. The first-order valence-corrected chi connectivity index (χ1v) is 7.38. The maximum absolute atomic E-state index is 6.17. The number of aromatic nitrogens is 1. The van der Waals surface area contributed by atoms with Crippen LogP contribution in [0.5, 0.6) is 11.5 Å². The molecule has 3 aromatic rings. The molecular formula is C14H9ClN2O3S. The van der Waals surface area contributed by atoms with Gasteiger partial charge in [0.2, 0.25) is 6.79 Å². The zero-order chi connectivity index (χ0) is 14.4. The number of halogens is 1. The van der Waals surface area contributed by atoms with Gasteiger partial charge in [-0.25, -0.2) is 0 Å². The lowest BCUT2D eigenvalue weighted by molar-refractivity contribution is 0.174. The number of nitrogens with two attached hydrogens (primary N) is 1. The zero-order valence-electron chi connectivity index (χ0n) is 10.6. The van der Waals surface area contributed by atoms with E-state index >= 15 is 0 Å². The Balaban J connectivity index is 1.89. The van der Waals surface area contributed by atoms with Crippen molar-refractivity contribution in [3.63, 3.8) is 0 Å². The summed E-state index contributed by atoms with van der Waals surface area (Å²) in [6, 6.07) is 7.39. The molecule has 0 saturated heterocycles. The molecule has 7 heteroatoms. The first-order valence-electron chi connectivity index (χ1n) is 6.12. The predicted octanol–water partition coefficient (Wildman–Crippen LogP) is 4.03. The molecule has 2 aromatic heterocycles. The number of benzene rings is 1. The largest absolute Gasteiger partial charge is 0.454 e. The fraction of sp³-hybridized carbons (Fsp3) is 0.0714. The van der Waals surface area contributed by atoms with Crippen molar-refractivity contribution in [1.82, 2.24) is 5.16 Å². The fourth-order valence-corrected chi connectivity index (χ4v) is 3.37. The van der Waals surface area contributed by atoms with E-state index in [9.17, 15) is 0 Å². The predicted molar refractivity (Wildman–Crippen MR) is 80.8 cm³/mol. The number of nitrogens with zero attached hydrogens (tertiary/aromatic N) is 1. The Morgan fingerprint density at radius 3 is 2.86 bits per heavy atom. The molecule has 0 saturated carbocycles. The summed E-state index contributed by atoms with van der Waals surface area (Å²) in [4.78, 5) is 0.800. The minimum Gasteiger partial charge on any atom is -0.454 e. The summed E-state index contributed by atoms with van der Waals surface area (Å²) in [5.41, 5.74) is 7.51. The van der Waals surface area contributed by atoms with E-state index in [4.69, 9.17) is 31.3 Å². The highest BCUT2D eigenvalue weighted by atomic mass is 35.5. The summed E-state index contributed by atoms with van der Waals surface area (Å²) >= 11 is 7.65. The van der Waals surface area contributed by atoms with Crippen LogP contribution in [0.3, 0.4) is 0 Å². The topological polar surface area (TPSA) is 70.5 Å². The quantitative estimate of drug-likeness (QED) is 0.771. The van der Waals surface area contributed by atoms with E-state index in [-0.39, 0.29) is 6.79 Å². The third-order valence-electron chi connectivity index (χ3n) is 3.20. The molecule has 106 valence electrons. The molecule has 5 nitrogen and oxygen atoms in total. The van der Waals surface area contributed by atoms with Crippen LogP contribution in [0.2, 0.25) is 5.02 Å². The Morgan fingerprint density at radius 1 is 1.19 bits per heavy atom. The van der Waals surface area contributed by atoms with E-state index in [0.717, 1.165) is 10.4 Å². The van der Waals surface area contributed by atoms with Crippen molar-refractivity contribution in [3.05, 3.63) is 34.7 Å². The van der Waals surface area contributed by atoms with Crippen molar-refractivity contribution in [2.24, 2.45) is 0 Å². The highest BCUT2D eigenvalue weighted by Crippen LogP contribution is 2.44. The monoisotopic (exact) mass is 320 g/mol. The number of fused-ring (bicyclic) bond motifs is 1. The number of hydrogen-bond acceptors (Lipinski definition) is 6. The minimum atomic E-state index is 0.224. The molecule has 0 aliphatic carbocycles. The molecule has 0 radical (unpaired) electrons. The van der Waals surface area contributed by atoms with Crippen LogP contribution < -0.4 is 15.2 Å². The molecular weight excluding hydrogens is 312 g/mol. The third-order valence-corrected chi connectivity index (χ3v) is 4.54. The average Bonchev–Trinajstić information content (AvgIpc) is 3.17. The smallest absolute Gasteiger partial charge is 0.231 e. The van der Waals surface area contributed by atoms with Gasteiger partial charge in [0.1, 0.15) is 0 Å². The van der Waals surface area contributed by atoms with Gasteiger partial charge in [0, 0.05) is 0 Å². The Kier molecular flexibility index (Phi) is 2.80. The molecule has 21 heavy (non-hydrogen) atoms. The number of hydrogen-bond donors (Lipinski definition) is 1. The van der Waals surface area contributed by atoms with Crippen molar-refractivity contribution < 1.29 is 14.0 Å². The fourth-order valence-electron chi connectivity index (χ4n) is 2.24. The standard InChI is InChI=1S/C14H9ClN2O3S/c15-8-3-4-21-13(8)12-11(14(16)17-20-12)7-1-2-9-10(5-7)19-6-18-9/h1-5H,6H2,(H2,16,17). The number of rotatable bonds is 2. The molecule has 3 heterocycles. The Labute approximate surface area is 128 Å². The molecule has 0 amide bonds. The van der Waals surface area contributed by atoms with Crippen LogP contribution in [-0.2, 0) is 0 Å². The lowest BCUT2D eigenvalue weighted by atomic mass is 10.0. The van der Waals surface area contributed by atoms with Crippen LogP contribution in [0.1, 0.15) is 0 Å². The zero-order valence-corrected chi connectivity index (χ0v) is 12.2. The molecule has 0 unspecified atom stereocenters. The van der Waals surface area contributed by atoms with Crippen LogP contribution in [0, 0.1) is 0 Å². The third kappa shape index (κ3) is 1.95. The SMILES string of the molecule is Nc1noc(-c2sccc2Cl)c1-c1ccc2c(c1)OCO2. The van der Waals surface area contributed by atoms with Gasteiger partial charge in [-0.1, -0.05) is 22.8 Å². The molecule has 0 atom stereocenters. The van der Waals surface area contributed by atoms with Crippen LogP contribution in [0.25, 0.3) is 21.8 Å². The summed E-state index contributed by atoms with van der Waals surface area (Å²) in [6.45, 7) is 0.224. The van der Waals surface area contributed by atoms with Gasteiger partial charge in [0.25, 0.3) is 0 Å². The summed E-state index contributed by atoms with van der Waals surface area (Å²) in [6.07, 6.45) is 0. The van der Waals surface area contributed by atoms with Crippen molar-refractivity contribution in [2.45, 2.75) is 0 Å². The Morgan fingerprint density at radius 2 is 2.05 bits per heavy atom. The second-order valence-corrected chi connectivity index (χ2v) is 5.76. The van der Waals surface area contributed by atoms with Gasteiger partial charge >= 0.3 is 0 Å². The van der Waals surface area contributed by atoms with E-state index in [0.29, 0.717) is 33.7 Å². The average molecular weight is 321 g/mol. The summed E-state index contributed by atoms with van der Waals surface area (Å²) < 4.78 is 16.1. The summed E-state index contributed by atoms with van der Waals surface area (Å²) in [5, 5.41) is 6.36. The van der Waals surface area contributed by atoms with Gasteiger partial charge < -0.3 is 19.7 Å². The van der Waals surface area contributed by atoms with E-state index in [1.54, 1.807) is 0 Å². The van der Waals surface area contributed by atoms with Gasteiger partial charge in [-0.3, -0.25) is 0 Å². The Bertz CT molecular complexity index is 827. The van der Waals surface area contributed by atoms with Gasteiger partial charge in [-0.15, -0.1) is 11.3 Å². The minimum absolute atomic E-state index is 0.224. The van der Waals surface area contributed by atoms with Crippen LogP contribution in [0.15, 0.2) is 34.2 Å². The van der Waals surface area contributed by atoms with Gasteiger partial charge in [-0.05, 0) is 29.1 Å². The second kappa shape index (κ2) is 4.68. The normalized spacial score (nSPS) is 12.8. The molecule has 0 fully saturated rings. The lowest BCUT2D eigenvalue weighted by Gasteiger charge is -2.03. The van der Waals surface area contributed by atoms with E-state index in [1.165, 1.54) is 11.3 Å². The van der Waals surface area contributed by atoms with E-state index < -0.39 is 0 Å². The summed E-state index contributed by atoms with van der Waals surface area (Å²) in [7, 11) is 0. The lowest BCUT2D eigenvalue weighted by Crippen LogP contribution is -1.92. The number of ether oxygens (including phenoxy) is 2. The van der Waals surface area contributed by atoms with Crippen molar-refractivity contribution in [1.29, 1.82) is 0 Å². The summed E-state index contributed by atoms with van der Waals surface area (Å²) in [5.74, 6) is 2.26. The van der Waals surface area contributed by atoms with Gasteiger partial charge in [0.15, 0.2) is 23.1 Å². The molecule has 2 N–H and O–H groups in total. The number of anilines is 1. The second-order valence-electron chi connectivity index (χ2n) is 4.44. The Hall–Kier alpha value is -2.18. The van der Waals surface area contributed by atoms with Gasteiger partial charge in [-0.2, -0.15) is 0 Å². The molecule has 4 rings (SSSR count). The highest BCUT2D eigenvalue weighted by Gasteiger charge is 2.23. The van der Waals surface area contributed by atoms with Crippen molar-refractivity contribution >= 4 is 28.8 Å². The van der Waals surface area contributed by atoms with Crippen LogP contribution in [0.4, 0.5) is 5.82 Å². The van der Waals surface area contributed by atoms with Crippen molar-refractivity contribution in [3.8, 4) is 33.3 Å².